The van der Waals surface area contributed by atoms with Gasteiger partial charge in [-0.2, -0.15) is 0 Å². The van der Waals surface area contributed by atoms with Crippen molar-refractivity contribution in [2.24, 2.45) is 0 Å². The van der Waals surface area contributed by atoms with Gasteiger partial charge in [-0.25, -0.2) is 0 Å². The predicted octanol–water partition coefficient (Wildman–Crippen LogP) is 2.27. The molecule has 0 N–H and O–H groups in total. The first kappa shape index (κ1) is 8.06. The molecule has 2 atom stereocenters. The van der Waals surface area contributed by atoms with Crippen molar-refractivity contribution in [2.45, 2.75) is 52.1 Å². The van der Waals surface area contributed by atoms with E-state index in [1.165, 1.54) is 25.8 Å². The van der Waals surface area contributed by atoms with E-state index in [1.54, 1.807) is 0 Å². The summed E-state index contributed by atoms with van der Waals surface area (Å²) in [6, 6.07) is 1.66. The van der Waals surface area contributed by atoms with Gasteiger partial charge in [0.05, 0.1) is 0 Å². The van der Waals surface area contributed by atoms with Crippen LogP contribution in [0, 0.1) is 0 Å². The van der Waals surface area contributed by atoms with Crippen molar-refractivity contribution < 1.29 is 0 Å². The maximum atomic E-state index is 2.60. The van der Waals surface area contributed by atoms with Gasteiger partial charge in [-0.3, -0.25) is 4.90 Å². The standard InChI is InChI=1S/C9H19N/c1-4-10-8(2)6-5-7-9(10)3/h8-9H,4-7H2,1-3H3/t8-,9+. The topological polar surface area (TPSA) is 3.24 Å². The highest BCUT2D eigenvalue weighted by molar-refractivity contribution is 4.77. The molecule has 1 aliphatic heterocycles. The summed E-state index contributed by atoms with van der Waals surface area (Å²) in [5, 5.41) is 0. The minimum absolute atomic E-state index is 0.828. The molecule has 0 amide bonds. The summed E-state index contributed by atoms with van der Waals surface area (Å²) in [5.41, 5.74) is 0. The molecule has 0 radical (unpaired) electrons. The van der Waals surface area contributed by atoms with Gasteiger partial charge in [0.1, 0.15) is 0 Å². The molecule has 1 heteroatoms. The number of nitrogens with zero attached hydrogens (tertiary/aromatic N) is 1. The Labute approximate surface area is 64.4 Å². The van der Waals surface area contributed by atoms with E-state index in [0.717, 1.165) is 12.1 Å². The minimum Gasteiger partial charge on any atom is -0.298 e. The Balaban J connectivity index is 2.45. The maximum absolute atomic E-state index is 2.60. The van der Waals surface area contributed by atoms with Gasteiger partial charge in [0.25, 0.3) is 0 Å². The number of likely N-dealkylation sites (tertiary alicyclic amines) is 1. The summed E-state index contributed by atoms with van der Waals surface area (Å²) < 4.78 is 0. The molecule has 60 valence electrons. The molecule has 1 nitrogen and oxygen atoms in total. The largest absolute Gasteiger partial charge is 0.298 e. The smallest absolute Gasteiger partial charge is 0.00696 e. The van der Waals surface area contributed by atoms with Crippen molar-refractivity contribution in [3.63, 3.8) is 0 Å². The van der Waals surface area contributed by atoms with Gasteiger partial charge in [0.15, 0.2) is 0 Å². The molecule has 0 unspecified atom stereocenters. The summed E-state index contributed by atoms with van der Waals surface area (Å²) in [5.74, 6) is 0. The van der Waals surface area contributed by atoms with Crippen LogP contribution >= 0.6 is 0 Å². The molecule has 10 heavy (non-hydrogen) atoms. The molecule has 0 spiro atoms. The van der Waals surface area contributed by atoms with E-state index in [1.807, 2.05) is 0 Å². The third kappa shape index (κ3) is 1.51. The van der Waals surface area contributed by atoms with Crippen molar-refractivity contribution >= 4 is 0 Å². The lowest BCUT2D eigenvalue weighted by molar-refractivity contribution is 0.111. The number of rotatable bonds is 1. The first-order chi connectivity index (χ1) is 4.75. The molecule has 0 aliphatic carbocycles. The van der Waals surface area contributed by atoms with Crippen LogP contribution in [-0.4, -0.2) is 23.5 Å². The molecule has 1 heterocycles. The number of hydrogen-bond donors (Lipinski definition) is 0. The Morgan fingerprint density at radius 1 is 1.20 bits per heavy atom. The van der Waals surface area contributed by atoms with Crippen LogP contribution in [-0.2, 0) is 0 Å². The molecule has 0 bridgehead atoms. The lowest BCUT2D eigenvalue weighted by Crippen LogP contribution is -2.43. The van der Waals surface area contributed by atoms with Crippen molar-refractivity contribution in [1.82, 2.24) is 4.90 Å². The van der Waals surface area contributed by atoms with Gasteiger partial charge < -0.3 is 0 Å². The Bertz CT molecular complexity index is 90.9. The van der Waals surface area contributed by atoms with Crippen LogP contribution in [0.4, 0.5) is 0 Å². The fourth-order valence-electron chi connectivity index (χ4n) is 2.10. The molecule has 1 fully saturated rings. The fraction of sp³-hybridized carbons (Fsp3) is 1.00. The van der Waals surface area contributed by atoms with Crippen LogP contribution in [0.5, 0.6) is 0 Å². The molecule has 0 saturated carbocycles. The first-order valence-electron chi connectivity index (χ1n) is 4.51. The number of piperidine rings is 1. The van der Waals surface area contributed by atoms with Gasteiger partial charge in [-0.1, -0.05) is 13.3 Å². The van der Waals surface area contributed by atoms with Crippen molar-refractivity contribution in [1.29, 1.82) is 0 Å². The van der Waals surface area contributed by atoms with E-state index < -0.39 is 0 Å². The third-order valence-corrected chi connectivity index (χ3v) is 2.74. The van der Waals surface area contributed by atoms with Crippen LogP contribution in [0.15, 0.2) is 0 Å². The Morgan fingerprint density at radius 2 is 1.70 bits per heavy atom. The van der Waals surface area contributed by atoms with E-state index in [0.29, 0.717) is 0 Å². The highest BCUT2D eigenvalue weighted by Crippen LogP contribution is 2.21. The summed E-state index contributed by atoms with van der Waals surface area (Å²) in [7, 11) is 0. The third-order valence-electron chi connectivity index (χ3n) is 2.74. The van der Waals surface area contributed by atoms with E-state index in [4.69, 9.17) is 0 Å². The van der Waals surface area contributed by atoms with Crippen molar-refractivity contribution in [3.05, 3.63) is 0 Å². The summed E-state index contributed by atoms with van der Waals surface area (Å²) in [6.07, 6.45) is 4.23. The van der Waals surface area contributed by atoms with Crippen LogP contribution in [0.25, 0.3) is 0 Å². The number of hydrogen-bond acceptors (Lipinski definition) is 1. The average molecular weight is 141 g/mol. The van der Waals surface area contributed by atoms with Crippen LogP contribution in [0.2, 0.25) is 0 Å². The van der Waals surface area contributed by atoms with Gasteiger partial charge in [-0.05, 0) is 33.2 Å². The molecule has 0 aromatic heterocycles. The summed E-state index contributed by atoms with van der Waals surface area (Å²) in [6.45, 7) is 8.18. The van der Waals surface area contributed by atoms with E-state index in [-0.39, 0.29) is 0 Å². The SMILES string of the molecule is CCN1[C@H](C)CCC[C@@H]1C. The second-order valence-electron chi connectivity index (χ2n) is 3.46. The van der Waals surface area contributed by atoms with Crippen molar-refractivity contribution in [2.75, 3.05) is 6.54 Å². The Kier molecular flexibility index (Phi) is 2.72. The van der Waals surface area contributed by atoms with Gasteiger partial charge in [0, 0.05) is 12.1 Å². The van der Waals surface area contributed by atoms with Crippen LogP contribution in [0.3, 0.4) is 0 Å². The minimum atomic E-state index is 0.828. The second kappa shape index (κ2) is 3.38. The Morgan fingerprint density at radius 3 is 2.00 bits per heavy atom. The quantitative estimate of drug-likeness (QED) is 0.541. The van der Waals surface area contributed by atoms with E-state index in [9.17, 15) is 0 Å². The molecule has 1 saturated heterocycles. The van der Waals surface area contributed by atoms with Crippen LogP contribution < -0.4 is 0 Å². The Hall–Kier alpha value is -0.0400. The zero-order chi connectivity index (χ0) is 7.56. The predicted molar refractivity (Wildman–Crippen MR) is 45.2 cm³/mol. The maximum Gasteiger partial charge on any atom is 0.00696 e. The first-order valence-corrected chi connectivity index (χ1v) is 4.51. The average Bonchev–Trinajstić information content (AvgIpc) is 1.88. The van der Waals surface area contributed by atoms with Gasteiger partial charge >= 0.3 is 0 Å². The van der Waals surface area contributed by atoms with Crippen molar-refractivity contribution in [3.8, 4) is 0 Å². The highest BCUT2D eigenvalue weighted by Gasteiger charge is 2.22. The van der Waals surface area contributed by atoms with Gasteiger partial charge in [-0.15, -0.1) is 0 Å². The molecule has 1 rings (SSSR count). The van der Waals surface area contributed by atoms with Crippen LogP contribution in [0.1, 0.15) is 40.0 Å². The normalized spacial score (nSPS) is 36.3. The lowest BCUT2D eigenvalue weighted by Gasteiger charge is -2.38. The van der Waals surface area contributed by atoms with Gasteiger partial charge in [0.2, 0.25) is 0 Å². The van der Waals surface area contributed by atoms with E-state index >= 15 is 0 Å². The molecule has 1 aliphatic rings. The second-order valence-corrected chi connectivity index (χ2v) is 3.46. The fourth-order valence-corrected chi connectivity index (χ4v) is 2.10. The lowest BCUT2D eigenvalue weighted by atomic mass is 9.98. The summed E-state index contributed by atoms with van der Waals surface area (Å²) >= 11 is 0. The summed E-state index contributed by atoms with van der Waals surface area (Å²) in [4.78, 5) is 2.60. The molecule has 0 aromatic carbocycles. The zero-order valence-corrected chi connectivity index (χ0v) is 7.43. The molecular weight excluding hydrogens is 122 g/mol. The molecular formula is C9H19N. The van der Waals surface area contributed by atoms with E-state index in [2.05, 4.69) is 25.7 Å². The molecule has 0 aromatic rings. The monoisotopic (exact) mass is 141 g/mol. The zero-order valence-electron chi connectivity index (χ0n) is 7.43. The highest BCUT2D eigenvalue weighted by atomic mass is 15.2.